The van der Waals surface area contributed by atoms with Crippen LogP contribution in [0, 0.1) is 0 Å². The van der Waals surface area contributed by atoms with Gasteiger partial charge in [0.05, 0.1) is 10.2 Å². The summed E-state index contributed by atoms with van der Waals surface area (Å²) in [5, 5.41) is 0. The second kappa shape index (κ2) is 3.46. The van der Waals surface area contributed by atoms with Gasteiger partial charge in [0.15, 0.2) is 4.34 Å². The Labute approximate surface area is 88.1 Å². The summed E-state index contributed by atoms with van der Waals surface area (Å²) in [5.41, 5.74) is 0.939. The fourth-order valence-corrected chi connectivity index (χ4v) is 2.91. The van der Waals surface area contributed by atoms with E-state index in [4.69, 9.17) is 10.7 Å². The first-order chi connectivity index (χ1) is 5.81. The number of para-hydroxylation sites is 1. The summed E-state index contributed by atoms with van der Waals surface area (Å²) in [7, 11) is 6.74. The number of hydrogen-bond donors (Lipinski definition) is 1. The van der Waals surface area contributed by atoms with E-state index in [2.05, 4.69) is 17.6 Å². The molecule has 0 fully saturated rings. The molecule has 0 saturated carbocycles. The molecule has 0 aliphatic heterocycles. The number of thiol groups is 1. The molecule has 0 amide bonds. The Morgan fingerprint density at radius 3 is 3.00 bits per heavy atom. The summed E-state index contributed by atoms with van der Waals surface area (Å²) in [6.45, 7) is 0. The standard InChI is InChI=1S/C7H4ClNS3/c8-12-7-9-6-4(10)2-1-3-5(6)11-7/h1-3,10H. The van der Waals surface area contributed by atoms with Gasteiger partial charge < -0.3 is 0 Å². The maximum absolute atomic E-state index is 5.59. The topological polar surface area (TPSA) is 12.9 Å². The first-order valence-corrected chi connectivity index (χ1v) is 6.09. The van der Waals surface area contributed by atoms with Crippen LogP contribution in [0.3, 0.4) is 0 Å². The van der Waals surface area contributed by atoms with Gasteiger partial charge in [-0.15, -0.1) is 24.0 Å². The number of halogens is 1. The molecule has 1 aromatic heterocycles. The van der Waals surface area contributed by atoms with Crippen LogP contribution < -0.4 is 0 Å². The quantitative estimate of drug-likeness (QED) is 0.752. The lowest BCUT2D eigenvalue weighted by Gasteiger charge is -1.89. The second-order valence-electron chi connectivity index (χ2n) is 2.18. The molecule has 0 unspecified atom stereocenters. The first-order valence-electron chi connectivity index (χ1n) is 3.18. The van der Waals surface area contributed by atoms with Crippen molar-refractivity contribution in [3.63, 3.8) is 0 Å². The van der Waals surface area contributed by atoms with Crippen LogP contribution in [0.1, 0.15) is 0 Å². The maximum atomic E-state index is 5.59. The predicted molar refractivity (Wildman–Crippen MR) is 58.6 cm³/mol. The van der Waals surface area contributed by atoms with Crippen molar-refractivity contribution in [2.75, 3.05) is 0 Å². The van der Waals surface area contributed by atoms with Gasteiger partial charge in [0, 0.05) is 15.9 Å². The Morgan fingerprint density at radius 2 is 2.33 bits per heavy atom. The molecular weight excluding hydrogens is 230 g/mol. The Bertz CT molecular complexity index is 412. The Hall–Kier alpha value is 0.1000. The smallest absolute Gasteiger partial charge is 0.166 e. The van der Waals surface area contributed by atoms with E-state index in [1.165, 1.54) is 0 Å². The van der Waals surface area contributed by atoms with Gasteiger partial charge in [0.25, 0.3) is 0 Å². The van der Waals surface area contributed by atoms with Crippen LogP contribution in [0.5, 0.6) is 0 Å². The van der Waals surface area contributed by atoms with Gasteiger partial charge in [-0.2, -0.15) is 0 Å². The van der Waals surface area contributed by atoms with Crippen molar-refractivity contribution in [3.8, 4) is 0 Å². The molecule has 0 aliphatic rings. The van der Waals surface area contributed by atoms with Crippen LogP contribution in [0.25, 0.3) is 10.2 Å². The van der Waals surface area contributed by atoms with Gasteiger partial charge in [-0.25, -0.2) is 4.98 Å². The zero-order valence-electron chi connectivity index (χ0n) is 5.82. The van der Waals surface area contributed by atoms with E-state index in [0.717, 1.165) is 30.4 Å². The molecule has 5 heteroatoms. The van der Waals surface area contributed by atoms with Gasteiger partial charge in [0.2, 0.25) is 0 Å². The third-order valence-electron chi connectivity index (χ3n) is 1.44. The lowest BCUT2D eigenvalue weighted by Crippen LogP contribution is -1.69. The molecule has 0 spiro atoms. The maximum Gasteiger partial charge on any atom is 0.166 e. The van der Waals surface area contributed by atoms with E-state index in [0.29, 0.717) is 0 Å². The first kappa shape index (κ1) is 8.69. The molecule has 1 nitrogen and oxygen atoms in total. The lowest BCUT2D eigenvalue weighted by molar-refractivity contribution is 1.28. The average Bonchev–Trinajstić information content (AvgIpc) is 2.49. The number of benzene rings is 1. The minimum absolute atomic E-state index is 0.869. The number of aromatic nitrogens is 1. The van der Waals surface area contributed by atoms with Crippen LogP contribution in [-0.2, 0) is 0 Å². The fraction of sp³-hybridized carbons (Fsp3) is 0. The third-order valence-corrected chi connectivity index (χ3v) is 4.06. The molecule has 0 saturated heterocycles. The van der Waals surface area contributed by atoms with E-state index in [1.807, 2.05) is 18.2 Å². The zero-order valence-corrected chi connectivity index (χ0v) is 9.10. The van der Waals surface area contributed by atoms with Gasteiger partial charge in [-0.05, 0) is 22.8 Å². The third kappa shape index (κ3) is 1.44. The van der Waals surface area contributed by atoms with Crippen LogP contribution in [-0.4, -0.2) is 4.98 Å². The molecule has 0 bridgehead atoms. The highest BCUT2D eigenvalue weighted by Gasteiger charge is 2.04. The highest BCUT2D eigenvalue weighted by molar-refractivity contribution is 8.22. The Kier molecular flexibility index (Phi) is 2.50. The minimum atomic E-state index is 0.869. The molecule has 1 heterocycles. The normalized spacial score (nSPS) is 10.8. The Balaban J connectivity index is 2.74. The molecule has 2 aromatic rings. The summed E-state index contributed by atoms with van der Waals surface area (Å²) < 4.78 is 2.00. The zero-order chi connectivity index (χ0) is 8.55. The lowest BCUT2D eigenvalue weighted by atomic mass is 10.3. The number of thiazole rings is 1. The van der Waals surface area contributed by atoms with Crippen molar-refractivity contribution in [1.29, 1.82) is 0 Å². The fourth-order valence-electron chi connectivity index (χ4n) is 0.947. The van der Waals surface area contributed by atoms with Crippen molar-refractivity contribution >= 4 is 55.8 Å². The molecule has 12 heavy (non-hydrogen) atoms. The predicted octanol–water partition coefficient (Wildman–Crippen LogP) is 3.83. The molecule has 2 rings (SSSR count). The number of rotatable bonds is 1. The molecule has 1 aromatic carbocycles. The average molecular weight is 234 g/mol. The molecule has 0 N–H and O–H groups in total. The number of fused-ring (bicyclic) bond motifs is 1. The summed E-state index contributed by atoms with van der Waals surface area (Å²) in [6, 6.07) is 5.91. The monoisotopic (exact) mass is 233 g/mol. The number of hydrogen-bond acceptors (Lipinski definition) is 4. The van der Waals surface area contributed by atoms with E-state index in [9.17, 15) is 0 Å². The van der Waals surface area contributed by atoms with E-state index in [-0.39, 0.29) is 0 Å². The molecule has 0 aliphatic carbocycles. The number of nitrogens with zero attached hydrogens (tertiary/aromatic N) is 1. The summed E-state index contributed by atoms with van der Waals surface area (Å²) in [6.07, 6.45) is 0. The van der Waals surface area contributed by atoms with Crippen molar-refractivity contribution in [2.45, 2.75) is 9.24 Å². The highest BCUT2D eigenvalue weighted by atomic mass is 35.7. The van der Waals surface area contributed by atoms with Gasteiger partial charge in [-0.3, -0.25) is 0 Å². The largest absolute Gasteiger partial charge is 0.227 e. The summed E-state index contributed by atoms with van der Waals surface area (Å²) in [4.78, 5) is 5.21. The molecule has 62 valence electrons. The van der Waals surface area contributed by atoms with E-state index < -0.39 is 0 Å². The SMILES string of the molecule is Sc1cccc2sc(SCl)nc12. The summed E-state index contributed by atoms with van der Waals surface area (Å²) >= 11 is 5.88. The van der Waals surface area contributed by atoms with E-state index >= 15 is 0 Å². The summed E-state index contributed by atoms with van der Waals surface area (Å²) in [5.74, 6) is 0. The molecular formula is C7H4ClNS3. The minimum Gasteiger partial charge on any atom is -0.227 e. The van der Waals surface area contributed by atoms with Crippen LogP contribution in [0.15, 0.2) is 27.4 Å². The van der Waals surface area contributed by atoms with Gasteiger partial charge in [0.1, 0.15) is 0 Å². The van der Waals surface area contributed by atoms with E-state index in [1.54, 1.807) is 11.3 Å². The molecule has 0 atom stereocenters. The van der Waals surface area contributed by atoms with Gasteiger partial charge in [-0.1, -0.05) is 6.07 Å². The highest BCUT2D eigenvalue weighted by Crippen LogP contribution is 2.33. The van der Waals surface area contributed by atoms with Crippen LogP contribution in [0.2, 0.25) is 0 Å². The van der Waals surface area contributed by atoms with Crippen molar-refractivity contribution in [1.82, 2.24) is 4.98 Å². The van der Waals surface area contributed by atoms with Crippen LogP contribution in [0.4, 0.5) is 0 Å². The second-order valence-corrected chi connectivity index (χ2v) is 4.96. The van der Waals surface area contributed by atoms with Crippen molar-refractivity contribution in [3.05, 3.63) is 18.2 Å². The van der Waals surface area contributed by atoms with Crippen molar-refractivity contribution in [2.24, 2.45) is 0 Å². The Morgan fingerprint density at radius 1 is 1.50 bits per heavy atom. The molecule has 0 radical (unpaired) electrons. The van der Waals surface area contributed by atoms with Gasteiger partial charge >= 0.3 is 0 Å². The van der Waals surface area contributed by atoms with Crippen molar-refractivity contribution < 1.29 is 0 Å². The van der Waals surface area contributed by atoms with Crippen LogP contribution >= 0.6 is 45.6 Å².